The third-order valence-corrected chi connectivity index (χ3v) is 4.98. The van der Waals surface area contributed by atoms with Gasteiger partial charge in [0.2, 0.25) is 0 Å². The Labute approximate surface area is 160 Å². The number of benzene rings is 1. The molecule has 2 aromatic rings. The Morgan fingerprint density at radius 2 is 1.85 bits per heavy atom. The molecule has 1 amide bonds. The molecule has 1 heterocycles. The second-order valence-corrected chi connectivity index (χ2v) is 6.95. The molecule has 6 nitrogen and oxygen atoms in total. The zero-order valence-corrected chi connectivity index (χ0v) is 15.9. The highest BCUT2D eigenvalue weighted by atomic mass is 16.5. The summed E-state index contributed by atoms with van der Waals surface area (Å²) in [6.07, 6.45) is 8.20. The van der Waals surface area contributed by atoms with E-state index in [1.54, 1.807) is 13.2 Å². The first kappa shape index (κ1) is 19.1. The molecule has 1 aliphatic carbocycles. The van der Waals surface area contributed by atoms with E-state index in [0.717, 1.165) is 17.1 Å². The summed E-state index contributed by atoms with van der Waals surface area (Å²) in [4.78, 5) is 12.3. The highest BCUT2D eigenvalue weighted by Gasteiger charge is 2.13. The molecule has 0 bridgehead atoms. The van der Waals surface area contributed by atoms with Gasteiger partial charge in [-0.15, -0.1) is 10.2 Å². The molecule has 0 radical (unpaired) electrons. The summed E-state index contributed by atoms with van der Waals surface area (Å²) in [5.41, 5.74) is 1.40. The summed E-state index contributed by atoms with van der Waals surface area (Å²) in [7, 11) is 1.65. The molecule has 0 unspecified atom stereocenters. The van der Waals surface area contributed by atoms with Gasteiger partial charge in [-0.1, -0.05) is 43.9 Å². The average molecular weight is 368 g/mol. The predicted octanol–water partition coefficient (Wildman–Crippen LogP) is 3.59. The van der Waals surface area contributed by atoms with Crippen LogP contribution < -0.4 is 15.4 Å². The summed E-state index contributed by atoms with van der Waals surface area (Å²) in [6.45, 7) is 0.517. The number of anilines is 1. The van der Waals surface area contributed by atoms with Crippen molar-refractivity contribution in [2.24, 2.45) is 0 Å². The normalized spacial score (nSPS) is 15.0. The third kappa shape index (κ3) is 5.67. The fourth-order valence-electron chi connectivity index (χ4n) is 3.47. The molecule has 1 aromatic carbocycles. The summed E-state index contributed by atoms with van der Waals surface area (Å²) in [6, 6.07) is 11.8. The lowest BCUT2D eigenvalue weighted by molar-refractivity contribution is 0.0948. The number of nitrogens with one attached hydrogen (secondary N) is 2. The Morgan fingerprint density at radius 3 is 2.56 bits per heavy atom. The Hall–Kier alpha value is -2.63. The van der Waals surface area contributed by atoms with Crippen molar-refractivity contribution in [1.29, 1.82) is 0 Å². The fraction of sp³-hybridized carbons (Fsp3) is 0.476. The molecule has 0 spiro atoms. The topological polar surface area (TPSA) is 76.1 Å². The van der Waals surface area contributed by atoms with E-state index in [4.69, 9.17) is 4.74 Å². The first-order valence-electron chi connectivity index (χ1n) is 9.76. The minimum atomic E-state index is -0.210. The molecule has 1 aliphatic rings. The lowest BCUT2D eigenvalue weighted by Crippen LogP contribution is -2.27. The maximum absolute atomic E-state index is 12.3. The van der Waals surface area contributed by atoms with Gasteiger partial charge >= 0.3 is 0 Å². The lowest BCUT2D eigenvalue weighted by atomic mass is 10.1. The van der Waals surface area contributed by atoms with Crippen LogP contribution in [0.3, 0.4) is 0 Å². The number of aromatic nitrogens is 2. The molecule has 0 aliphatic heterocycles. The number of amides is 1. The number of methoxy groups -OCH3 is 1. The summed E-state index contributed by atoms with van der Waals surface area (Å²) < 4.78 is 5.33. The van der Waals surface area contributed by atoms with Crippen LogP contribution in [0.25, 0.3) is 0 Å². The number of ether oxygens (including phenoxy) is 1. The van der Waals surface area contributed by atoms with E-state index in [1.807, 2.05) is 30.3 Å². The molecule has 1 saturated carbocycles. The molecule has 144 valence electrons. The standard InChI is InChI=1S/C21H28N4O2/c1-27-19-11-7-6-8-16(19)14-15-22-21(26)18-12-13-20(25-24-18)23-17-9-4-2-3-5-10-17/h6-8,11-13,17H,2-5,9-10,14-15H2,1H3,(H,22,26)(H,23,25). The highest BCUT2D eigenvalue weighted by Crippen LogP contribution is 2.20. The van der Waals surface area contributed by atoms with Gasteiger partial charge in [0.1, 0.15) is 11.6 Å². The van der Waals surface area contributed by atoms with Gasteiger partial charge in [-0.05, 0) is 43.0 Å². The van der Waals surface area contributed by atoms with Crippen LogP contribution in [0.5, 0.6) is 5.75 Å². The second-order valence-electron chi connectivity index (χ2n) is 6.95. The minimum Gasteiger partial charge on any atom is -0.496 e. The largest absolute Gasteiger partial charge is 0.496 e. The molecule has 0 saturated heterocycles. The molecule has 2 N–H and O–H groups in total. The van der Waals surface area contributed by atoms with E-state index in [9.17, 15) is 4.79 Å². The minimum absolute atomic E-state index is 0.210. The Balaban J connectivity index is 1.48. The first-order chi connectivity index (χ1) is 13.3. The van der Waals surface area contributed by atoms with Crippen LogP contribution in [0.2, 0.25) is 0 Å². The van der Waals surface area contributed by atoms with E-state index >= 15 is 0 Å². The van der Waals surface area contributed by atoms with Gasteiger partial charge in [-0.3, -0.25) is 4.79 Å². The summed E-state index contributed by atoms with van der Waals surface area (Å²) in [5, 5.41) is 14.6. The number of para-hydroxylation sites is 1. The van der Waals surface area contributed by atoms with E-state index in [1.165, 1.54) is 38.5 Å². The zero-order valence-electron chi connectivity index (χ0n) is 15.9. The van der Waals surface area contributed by atoms with Crippen molar-refractivity contribution in [2.75, 3.05) is 19.0 Å². The van der Waals surface area contributed by atoms with Crippen LogP contribution in [0.15, 0.2) is 36.4 Å². The quantitative estimate of drug-likeness (QED) is 0.731. The molecular formula is C21H28N4O2. The van der Waals surface area contributed by atoms with E-state index in [0.29, 0.717) is 24.7 Å². The third-order valence-electron chi connectivity index (χ3n) is 4.98. The number of hydrogen-bond acceptors (Lipinski definition) is 5. The second kappa shape index (κ2) is 9.90. The number of nitrogens with zero attached hydrogens (tertiary/aromatic N) is 2. The van der Waals surface area contributed by atoms with Crippen molar-refractivity contribution in [3.8, 4) is 5.75 Å². The van der Waals surface area contributed by atoms with Gasteiger partial charge in [-0.25, -0.2) is 0 Å². The van der Waals surface area contributed by atoms with Crippen LogP contribution >= 0.6 is 0 Å². The maximum atomic E-state index is 12.3. The van der Waals surface area contributed by atoms with Crippen molar-refractivity contribution >= 4 is 11.7 Å². The van der Waals surface area contributed by atoms with Crippen molar-refractivity contribution in [3.05, 3.63) is 47.7 Å². The average Bonchev–Trinajstić information content (AvgIpc) is 2.97. The van der Waals surface area contributed by atoms with Gasteiger partial charge in [-0.2, -0.15) is 0 Å². The molecule has 1 aromatic heterocycles. The summed E-state index contributed by atoms with van der Waals surface area (Å²) >= 11 is 0. The van der Waals surface area contributed by atoms with E-state index < -0.39 is 0 Å². The Bertz CT molecular complexity index is 725. The molecule has 1 fully saturated rings. The van der Waals surface area contributed by atoms with Gasteiger partial charge < -0.3 is 15.4 Å². The van der Waals surface area contributed by atoms with Gasteiger partial charge in [0.15, 0.2) is 5.69 Å². The van der Waals surface area contributed by atoms with Crippen molar-refractivity contribution in [3.63, 3.8) is 0 Å². The molecule has 6 heteroatoms. The maximum Gasteiger partial charge on any atom is 0.271 e. The Kier molecular flexibility index (Phi) is 7.02. The lowest BCUT2D eigenvalue weighted by Gasteiger charge is -2.16. The molecule has 0 atom stereocenters. The fourth-order valence-corrected chi connectivity index (χ4v) is 3.47. The smallest absolute Gasteiger partial charge is 0.271 e. The van der Waals surface area contributed by atoms with Gasteiger partial charge in [0, 0.05) is 12.6 Å². The van der Waals surface area contributed by atoms with Crippen LogP contribution in [0, 0.1) is 0 Å². The number of carbonyl (C=O) groups excluding carboxylic acids is 1. The number of rotatable bonds is 7. The number of carbonyl (C=O) groups is 1. The van der Waals surface area contributed by atoms with Gasteiger partial charge in [0.05, 0.1) is 7.11 Å². The molecular weight excluding hydrogens is 340 g/mol. The van der Waals surface area contributed by atoms with Crippen LogP contribution in [0.4, 0.5) is 5.82 Å². The zero-order chi connectivity index (χ0) is 18.9. The van der Waals surface area contributed by atoms with Crippen molar-refractivity contribution in [2.45, 2.75) is 51.0 Å². The SMILES string of the molecule is COc1ccccc1CCNC(=O)c1ccc(NC2CCCCCC2)nn1. The molecule has 27 heavy (non-hydrogen) atoms. The monoisotopic (exact) mass is 368 g/mol. The van der Waals surface area contributed by atoms with Gasteiger partial charge in [0.25, 0.3) is 5.91 Å². The van der Waals surface area contributed by atoms with Crippen molar-refractivity contribution in [1.82, 2.24) is 15.5 Å². The van der Waals surface area contributed by atoms with Crippen LogP contribution in [0.1, 0.15) is 54.6 Å². The number of hydrogen-bond donors (Lipinski definition) is 2. The molecule has 3 rings (SSSR count). The Morgan fingerprint density at radius 1 is 1.07 bits per heavy atom. The van der Waals surface area contributed by atoms with Crippen LogP contribution in [-0.2, 0) is 6.42 Å². The van der Waals surface area contributed by atoms with E-state index in [2.05, 4.69) is 20.8 Å². The van der Waals surface area contributed by atoms with E-state index in [-0.39, 0.29) is 5.91 Å². The first-order valence-corrected chi connectivity index (χ1v) is 9.76. The predicted molar refractivity (Wildman–Crippen MR) is 106 cm³/mol. The highest BCUT2D eigenvalue weighted by molar-refractivity contribution is 5.92. The van der Waals surface area contributed by atoms with Crippen LogP contribution in [-0.4, -0.2) is 35.8 Å². The van der Waals surface area contributed by atoms with Crippen molar-refractivity contribution < 1.29 is 9.53 Å². The summed E-state index contributed by atoms with van der Waals surface area (Å²) in [5.74, 6) is 1.37.